The summed E-state index contributed by atoms with van der Waals surface area (Å²) in [5, 5.41) is 8.89. The van der Waals surface area contributed by atoms with Crippen molar-refractivity contribution in [1.29, 1.82) is 0 Å². The molecule has 0 saturated heterocycles. The minimum absolute atomic E-state index is 0.220. The van der Waals surface area contributed by atoms with Gasteiger partial charge in [0.1, 0.15) is 18.3 Å². The fourth-order valence-electron chi connectivity index (χ4n) is 1.08. The highest BCUT2D eigenvalue weighted by Gasteiger charge is 2.29. The lowest BCUT2D eigenvalue weighted by Crippen LogP contribution is -2.44. The second-order valence-corrected chi connectivity index (χ2v) is 2.49. The van der Waals surface area contributed by atoms with Gasteiger partial charge in [0.25, 0.3) is 0 Å². The molecule has 1 N–H and O–H groups in total. The smallest absolute Gasteiger partial charge is 0.151 e. The van der Waals surface area contributed by atoms with Crippen molar-refractivity contribution in [2.75, 3.05) is 27.9 Å². The topological polar surface area (TPSA) is 65.0 Å². The van der Waals surface area contributed by atoms with Gasteiger partial charge >= 0.3 is 0 Å². The van der Waals surface area contributed by atoms with Crippen molar-refractivity contribution in [3.8, 4) is 0 Å². The number of aliphatic hydroxyl groups excluding tert-OH is 1. The molecule has 13 heavy (non-hydrogen) atoms. The standard InChI is InChI=1S/C8H16O5/c1-11-6(4-9)8(13-3)7(5-10)12-2/h4,6-8,10H,5H2,1-3H3. The summed E-state index contributed by atoms with van der Waals surface area (Å²) in [7, 11) is 4.27. The number of carbonyl (C=O) groups is 1. The Kier molecular flexibility index (Phi) is 6.70. The maximum atomic E-state index is 10.5. The van der Waals surface area contributed by atoms with Crippen LogP contribution in [-0.2, 0) is 19.0 Å². The van der Waals surface area contributed by atoms with E-state index < -0.39 is 18.3 Å². The van der Waals surface area contributed by atoms with Gasteiger partial charge in [0, 0.05) is 21.3 Å². The van der Waals surface area contributed by atoms with Gasteiger partial charge in [0.15, 0.2) is 6.29 Å². The molecule has 0 heterocycles. The summed E-state index contributed by atoms with van der Waals surface area (Å²) in [6, 6.07) is 0. The van der Waals surface area contributed by atoms with Crippen molar-refractivity contribution >= 4 is 6.29 Å². The van der Waals surface area contributed by atoms with Gasteiger partial charge in [-0.05, 0) is 0 Å². The normalized spacial score (nSPS) is 17.8. The van der Waals surface area contributed by atoms with E-state index in [4.69, 9.17) is 19.3 Å². The van der Waals surface area contributed by atoms with Crippen molar-refractivity contribution in [2.45, 2.75) is 18.3 Å². The Morgan fingerprint density at radius 1 is 1.23 bits per heavy atom. The largest absolute Gasteiger partial charge is 0.394 e. The molecule has 78 valence electrons. The molecule has 0 radical (unpaired) electrons. The lowest BCUT2D eigenvalue weighted by molar-refractivity contribution is -0.140. The molecule has 0 aromatic rings. The molecular formula is C8H16O5. The van der Waals surface area contributed by atoms with E-state index >= 15 is 0 Å². The summed E-state index contributed by atoms with van der Waals surface area (Å²) in [6.07, 6.45) is -1.24. The Balaban J connectivity index is 4.34. The molecule has 0 aliphatic rings. The number of carbonyl (C=O) groups excluding carboxylic acids is 1. The molecule has 0 rings (SSSR count). The maximum absolute atomic E-state index is 10.5. The second kappa shape index (κ2) is 6.97. The van der Waals surface area contributed by atoms with Gasteiger partial charge < -0.3 is 24.1 Å². The van der Waals surface area contributed by atoms with Gasteiger partial charge in [-0.3, -0.25) is 0 Å². The molecular weight excluding hydrogens is 176 g/mol. The number of methoxy groups -OCH3 is 3. The molecule has 0 bridgehead atoms. The molecule has 5 nitrogen and oxygen atoms in total. The number of hydrogen-bond donors (Lipinski definition) is 1. The van der Waals surface area contributed by atoms with Crippen molar-refractivity contribution in [1.82, 2.24) is 0 Å². The zero-order chi connectivity index (χ0) is 10.3. The number of rotatable bonds is 7. The van der Waals surface area contributed by atoms with E-state index in [9.17, 15) is 4.79 Å². The third-order valence-electron chi connectivity index (χ3n) is 1.85. The van der Waals surface area contributed by atoms with E-state index in [1.165, 1.54) is 21.3 Å². The first-order valence-corrected chi connectivity index (χ1v) is 3.89. The first kappa shape index (κ1) is 12.5. The Morgan fingerprint density at radius 3 is 2.08 bits per heavy atom. The van der Waals surface area contributed by atoms with Crippen molar-refractivity contribution in [3.05, 3.63) is 0 Å². The molecule has 0 fully saturated rings. The van der Waals surface area contributed by atoms with Gasteiger partial charge in [0.2, 0.25) is 0 Å². The molecule has 3 unspecified atom stereocenters. The minimum atomic E-state index is -0.720. The van der Waals surface area contributed by atoms with E-state index in [0.29, 0.717) is 6.29 Å². The van der Waals surface area contributed by atoms with Crippen LogP contribution in [0, 0.1) is 0 Å². The number of ether oxygens (including phenoxy) is 3. The number of aldehydes is 1. The molecule has 0 aliphatic carbocycles. The van der Waals surface area contributed by atoms with Crippen LogP contribution >= 0.6 is 0 Å². The quantitative estimate of drug-likeness (QED) is 0.536. The van der Waals surface area contributed by atoms with Crippen LogP contribution in [0.2, 0.25) is 0 Å². The predicted octanol–water partition coefficient (Wildman–Crippen LogP) is -0.777. The van der Waals surface area contributed by atoms with E-state index in [1.54, 1.807) is 0 Å². The van der Waals surface area contributed by atoms with Crippen LogP contribution in [-0.4, -0.2) is 57.6 Å². The second-order valence-electron chi connectivity index (χ2n) is 2.49. The Bertz CT molecular complexity index is 134. The molecule has 5 heteroatoms. The highest BCUT2D eigenvalue weighted by atomic mass is 16.6. The van der Waals surface area contributed by atoms with Crippen LogP contribution in [0.15, 0.2) is 0 Å². The van der Waals surface area contributed by atoms with Crippen LogP contribution < -0.4 is 0 Å². The molecule has 0 saturated carbocycles. The molecule has 0 aromatic heterocycles. The third kappa shape index (κ3) is 3.40. The van der Waals surface area contributed by atoms with Crippen LogP contribution in [0.25, 0.3) is 0 Å². The minimum Gasteiger partial charge on any atom is -0.394 e. The molecule has 0 aromatic carbocycles. The lowest BCUT2D eigenvalue weighted by Gasteiger charge is -2.26. The summed E-state index contributed by atoms with van der Waals surface area (Å²) >= 11 is 0. The number of aliphatic hydroxyl groups is 1. The highest BCUT2D eigenvalue weighted by Crippen LogP contribution is 2.08. The maximum Gasteiger partial charge on any atom is 0.151 e. The lowest BCUT2D eigenvalue weighted by atomic mass is 10.1. The SMILES string of the molecule is COC(C=O)C(OC)C(CO)OC. The van der Waals surface area contributed by atoms with Crippen molar-refractivity contribution in [3.63, 3.8) is 0 Å². The Hall–Kier alpha value is -0.490. The fraction of sp³-hybridized carbons (Fsp3) is 0.875. The van der Waals surface area contributed by atoms with E-state index in [2.05, 4.69) is 0 Å². The Morgan fingerprint density at radius 2 is 1.85 bits per heavy atom. The summed E-state index contributed by atoms with van der Waals surface area (Å²) in [6.45, 7) is -0.220. The Labute approximate surface area is 77.6 Å². The zero-order valence-electron chi connectivity index (χ0n) is 8.10. The zero-order valence-corrected chi connectivity index (χ0v) is 8.10. The van der Waals surface area contributed by atoms with Crippen LogP contribution in [0.1, 0.15) is 0 Å². The molecule has 0 spiro atoms. The summed E-state index contributed by atoms with van der Waals surface area (Å²) in [5.41, 5.74) is 0. The monoisotopic (exact) mass is 192 g/mol. The highest BCUT2D eigenvalue weighted by molar-refractivity contribution is 5.57. The number of hydrogen-bond acceptors (Lipinski definition) is 5. The van der Waals surface area contributed by atoms with Gasteiger partial charge in [0.05, 0.1) is 6.61 Å². The van der Waals surface area contributed by atoms with E-state index in [1.807, 2.05) is 0 Å². The van der Waals surface area contributed by atoms with Gasteiger partial charge in [-0.15, -0.1) is 0 Å². The predicted molar refractivity (Wildman–Crippen MR) is 45.5 cm³/mol. The van der Waals surface area contributed by atoms with Crippen LogP contribution in [0.3, 0.4) is 0 Å². The van der Waals surface area contributed by atoms with Gasteiger partial charge in [-0.2, -0.15) is 0 Å². The first-order valence-electron chi connectivity index (χ1n) is 3.89. The van der Waals surface area contributed by atoms with Crippen LogP contribution in [0.4, 0.5) is 0 Å². The summed E-state index contributed by atoms with van der Waals surface area (Å²) < 4.78 is 14.8. The first-order chi connectivity index (χ1) is 6.24. The van der Waals surface area contributed by atoms with Crippen LogP contribution in [0.5, 0.6) is 0 Å². The molecule has 0 aliphatic heterocycles. The van der Waals surface area contributed by atoms with Gasteiger partial charge in [-0.25, -0.2) is 0 Å². The van der Waals surface area contributed by atoms with E-state index in [-0.39, 0.29) is 6.61 Å². The summed E-state index contributed by atoms with van der Waals surface area (Å²) in [4.78, 5) is 10.5. The average Bonchev–Trinajstić information content (AvgIpc) is 2.18. The van der Waals surface area contributed by atoms with Gasteiger partial charge in [-0.1, -0.05) is 0 Å². The summed E-state index contributed by atoms with van der Waals surface area (Å²) in [5.74, 6) is 0. The average molecular weight is 192 g/mol. The molecule has 3 atom stereocenters. The third-order valence-corrected chi connectivity index (χ3v) is 1.85. The van der Waals surface area contributed by atoms with E-state index in [0.717, 1.165) is 0 Å². The van der Waals surface area contributed by atoms with Crippen molar-refractivity contribution < 1.29 is 24.1 Å². The molecule has 0 amide bonds. The fourth-order valence-corrected chi connectivity index (χ4v) is 1.08. The van der Waals surface area contributed by atoms with Crippen molar-refractivity contribution in [2.24, 2.45) is 0 Å².